The van der Waals surface area contributed by atoms with Crippen LogP contribution in [0.25, 0.3) is 0 Å². The van der Waals surface area contributed by atoms with Crippen molar-refractivity contribution in [1.29, 1.82) is 0 Å². The van der Waals surface area contributed by atoms with Crippen LogP contribution >= 0.6 is 11.8 Å². The molecule has 18 heavy (non-hydrogen) atoms. The molecule has 2 rings (SSSR count). The summed E-state index contributed by atoms with van der Waals surface area (Å²) < 4.78 is 1.84. The van der Waals surface area contributed by atoms with Gasteiger partial charge in [-0.15, -0.1) is 10.2 Å². The van der Waals surface area contributed by atoms with E-state index in [0.29, 0.717) is 5.82 Å². The van der Waals surface area contributed by atoms with Gasteiger partial charge >= 0.3 is 0 Å². The summed E-state index contributed by atoms with van der Waals surface area (Å²) in [6.07, 6.45) is 2.19. The van der Waals surface area contributed by atoms with Gasteiger partial charge in [-0.25, -0.2) is 0 Å². The Kier molecular flexibility index (Phi) is 4.78. The van der Waals surface area contributed by atoms with Crippen molar-refractivity contribution in [3.8, 4) is 0 Å². The van der Waals surface area contributed by atoms with Gasteiger partial charge in [0.05, 0.1) is 0 Å². The fourth-order valence-electron chi connectivity index (χ4n) is 1.69. The quantitative estimate of drug-likeness (QED) is 0.640. The average Bonchev–Trinajstić information content (AvgIpc) is 2.77. The molecule has 5 heteroatoms. The molecule has 0 unspecified atom stereocenters. The van der Waals surface area contributed by atoms with Crippen LogP contribution in [0.5, 0.6) is 0 Å². The van der Waals surface area contributed by atoms with Gasteiger partial charge in [-0.1, -0.05) is 42.1 Å². The van der Waals surface area contributed by atoms with Crippen molar-refractivity contribution in [3.63, 3.8) is 0 Å². The van der Waals surface area contributed by atoms with E-state index in [-0.39, 0.29) is 6.61 Å². The van der Waals surface area contributed by atoms with Crippen molar-refractivity contribution in [2.24, 2.45) is 7.05 Å². The van der Waals surface area contributed by atoms with Crippen molar-refractivity contribution in [1.82, 2.24) is 14.8 Å². The first-order chi connectivity index (χ1) is 8.81. The molecular weight excluding hydrogens is 246 g/mol. The molecule has 4 nitrogen and oxygen atoms in total. The highest BCUT2D eigenvalue weighted by atomic mass is 32.2. The van der Waals surface area contributed by atoms with Crippen LogP contribution in [0.3, 0.4) is 0 Å². The van der Waals surface area contributed by atoms with Crippen molar-refractivity contribution in [2.45, 2.75) is 24.6 Å². The molecule has 2 aromatic rings. The van der Waals surface area contributed by atoms with E-state index < -0.39 is 0 Å². The Bertz CT molecular complexity index is 484. The normalized spacial score (nSPS) is 10.8. The molecule has 0 saturated heterocycles. The van der Waals surface area contributed by atoms with Crippen molar-refractivity contribution in [3.05, 3.63) is 41.7 Å². The fourth-order valence-corrected chi connectivity index (χ4v) is 2.56. The summed E-state index contributed by atoms with van der Waals surface area (Å²) in [7, 11) is 1.88. The second kappa shape index (κ2) is 6.56. The molecule has 0 aliphatic heterocycles. The Hall–Kier alpha value is -1.33. The molecule has 0 spiro atoms. The third-order valence-corrected chi connectivity index (χ3v) is 3.86. The van der Waals surface area contributed by atoms with Gasteiger partial charge in [0, 0.05) is 12.8 Å². The molecule has 0 aliphatic carbocycles. The van der Waals surface area contributed by atoms with Gasteiger partial charge in [0.1, 0.15) is 6.61 Å². The van der Waals surface area contributed by atoms with E-state index in [1.54, 1.807) is 11.8 Å². The van der Waals surface area contributed by atoms with Gasteiger partial charge in [0.25, 0.3) is 0 Å². The lowest BCUT2D eigenvalue weighted by molar-refractivity contribution is 0.266. The number of aryl methyl sites for hydroxylation is 1. The Labute approximate surface area is 111 Å². The monoisotopic (exact) mass is 263 g/mol. The first-order valence-corrected chi connectivity index (χ1v) is 6.95. The van der Waals surface area contributed by atoms with E-state index in [1.807, 2.05) is 17.7 Å². The Morgan fingerprint density at radius 1 is 1.22 bits per heavy atom. The van der Waals surface area contributed by atoms with Gasteiger partial charge in [-0.2, -0.15) is 0 Å². The molecular formula is C13H17N3OS. The zero-order chi connectivity index (χ0) is 12.8. The van der Waals surface area contributed by atoms with Crippen LogP contribution in [0.4, 0.5) is 0 Å². The van der Waals surface area contributed by atoms with E-state index in [1.165, 1.54) is 5.56 Å². The highest BCUT2D eigenvalue weighted by Crippen LogP contribution is 2.17. The zero-order valence-corrected chi connectivity index (χ0v) is 11.2. The number of thioether (sulfide) groups is 1. The Morgan fingerprint density at radius 3 is 2.67 bits per heavy atom. The molecule has 0 bridgehead atoms. The second-order valence-corrected chi connectivity index (χ2v) is 5.12. The highest BCUT2D eigenvalue weighted by molar-refractivity contribution is 7.99. The molecule has 1 aromatic heterocycles. The molecule has 0 radical (unpaired) electrons. The third kappa shape index (κ3) is 3.34. The summed E-state index contributed by atoms with van der Waals surface area (Å²) in [5.41, 5.74) is 1.37. The zero-order valence-electron chi connectivity index (χ0n) is 10.4. The van der Waals surface area contributed by atoms with E-state index in [9.17, 15) is 0 Å². The third-order valence-electron chi connectivity index (χ3n) is 2.75. The standard InChI is InChI=1S/C13H17N3OS/c1-16-12(10-17)14-15-13(16)18-9-5-8-11-6-3-2-4-7-11/h2-4,6-7,17H,5,8-10H2,1H3. The van der Waals surface area contributed by atoms with Crippen molar-refractivity contribution < 1.29 is 5.11 Å². The maximum absolute atomic E-state index is 9.02. The molecule has 1 heterocycles. The van der Waals surface area contributed by atoms with Gasteiger partial charge in [0.15, 0.2) is 11.0 Å². The topological polar surface area (TPSA) is 50.9 Å². The summed E-state index contributed by atoms with van der Waals surface area (Å²) >= 11 is 1.68. The first kappa shape index (κ1) is 13.1. The molecule has 1 aromatic carbocycles. The van der Waals surface area contributed by atoms with E-state index in [2.05, 4.69) is 34.5 Å². The lowest BCUT2D eigenvalue weighted by Gasteiger charge is -2.02. The lowest BCUT2D eigenvalue weighted by atomic mass is 10.1. The minimum atomic E-state index is -0.0614. The molecule has 1 N–H and O–H groups in total. The van der Waals surface area contributed by atoms with Crippen LogP contribution in [0.15, 0.2) is 35.5 Å². The Morgan fingerprint density at radius 2 is 2.00 bits per heavy atom. The highest BCUT2D eigenvalue weighted by Gasteiger charge is 2.07. The van der Waals surface area contributed by atoms with Crippen LogP contribution in [-0.4, -0.2) is 25.6 Å². The number of benzene rings is 1. The minimum Gasteiger partial charge on any atom is -0.388 e. The smallest absolute Gasteiger partial charge is 0.191 e. The maximum Gasteiger partial charge on any atom is 0.191 e. The average molecular weight is 263 g/mol. The summed E-state index contributed by atoms with van der Waals surface area (Å²) in [5.74, 6) is 1.62. The van der Waals surface area contributed by atoms with E-state index >= 15 is 0 Å². The molecule has 0 atom stereocenters. The number of hydrogen-bond donors (Lipinski definition) is 1. The van der Waals surface area contributed by atoms with Crippen LogP contribution in [0.1, 0.15) is 17.8 Å². The largest absolute Gasteiger partial charge is 0.388 e. The number of hydrogen-bond acceptors (Lipinski definition) is 4. The Balaban J connectivity index is 1.77. The molecule has 0 fully saturated rings. The number of rotatable bonds is 6. The van der Waals surface area contributed by atoms with Crippen LogP contribution in [0, 0.1) is 0 Å². The van der Waals surface area contributed by atoms with Crippen LogP contribution < -0.4 is 0 Å². The second-order valence-electron chi connectivity index (χ2n) is 4.05. The van der Waals surface area contributed by atoms with Crippen molar-refractivity contribution in [2.75, 3.05) is 5.75 Å². The van der Waals surface area contributed by atoms with E-state index in [0.717, 1.165) is 23.8 Å². The molecule has 0 aliphatic rings. The van der Waals surface area contributed by atoms with Gasteiger partial charge in [0.2, 0.25) is 0 Å². The fraction of sp³-hybridized carbons (Fsp3) is 0.385. The maximum atomic E-state index is 9.02. The summed E-state index contributed by atoms with van der Waals surface area (Å²) in [6.45, 7) is -0.0614. The molecule has 96 valence electrons. The summed E-state index contributed by atoms with van der Waals surface area (Å²) in [6, 6.07) is 10.5. The van der Waals surface area contributed by atoms with E-state index in [4.69, 9.17) is 5.11 Å². The predicted molar refractivity (Wildman–Crippen MR) is 72.4 cm³/mol. The minimum absolute atomic E-state index is 0.0614. The molecule has 0 saturated carbocycles. The summed E-state index contributed by atoms with van der Waals surface area (Å²) in [5, 5.41) is 17.8. The number of aliphatic hydroxyl groups is 1. The first-order valence-electron chi connectivity index (χ1n) is 5.97. The van der Waals surface area contributed by atoms with Gasteiger partial charge in [-0.05, 0) is 18.4 Å². The predicted octanol–water partition coefficient (Wildman–Crippen LogP) is 2.03. The number of aromatic nitrogens is 3. The molecule has 0 amide bonds. The van der Waals surface area contributed by atoms with Gasteiger partial charge in [-0.3, -0.25) is 0 Å². The number of aliphatic hydroxyl groups excluding tert-OH is 1. The van der Waals surface area contributed by atoms with Gasteiger partial charge < -0.3 is 9.67 Å². The SMILES string of the molecule is Cn1c(CO)nnc1SCCCc1ccccc1. The van der Waals surface area contributed by atoms with Crippen LogP contribution in [-0.2, 0) is 20.1 Å². The lowest BCUT2D eigenvalue weighted by Crippen LogP contribution is -1.99. The van der Waals surface area contributed by atoms with Crippen LogP contribution in [0.2, 0.25) is 0 Å². The van der Waals surface area contributed by atoms with Crippen molar-refractivity contribution >= 4 is 11.8 Å². The number of nitrogens with zero attached hydrogens (tertiary/aromatic N) is 3. The summed E-state index contributed by atoms with van der Waals surface area (Å²) in [4.78, 5) is 0.